The van der Waals surface area contributed by atoms with Gasteiger partial charge >= 0.3 is 60.2 Å². The number of amides is 4. The maximum Gasteiger partial charge on any atom is 0.409 e. The minimum absolute atomic E-state index is 0.0859. The van der Waals surface area contributed by atoms with Crippen LogP contribution in [0.4, 0.5) is 24.9 Å². The largest absolute Gasteiger partial charge is 0.459 e. The minimum Gasteiger partial charge on any atom is -0.459 e. The number of anilines is 1. The zero-order valence-corrected chi connectivity index (χ0v) is 89.7. The third kappa shape index (κ3) is 59.0. The topological polar surface area (TPSA) is 464 Å². The van der Waals surface area contributed by atoms with E-state index in [1.165, 1.54) is 47.2 Å². The van der Waals surface area contributed by atoms with Gasteiger partial charge in [-0.3, -0.25) is 73.0 Å². The summed E-state index contributed by atoms with van der Waals surface area (Å²) < 4.78 is 95.6. The van der Waals surface area contributed by atoms with Crippen LogP contribution in [0.2, 0.25) is 0 Å². The highest BCUT2D eigenvalue weighted by molar-refractivity contribution is 6.40. The van der Waals surface area contributed by atoms with E-state index in [9.17, 15) is 68.4 Å². The molecule has 828 valence electrons. The smallest absolute Gasteiger partial charge is 0.409 e. The van der Waals surface area contributed by atoms with Crippen molar-refractivity contribution in [3.05, 3.63) is 24.5 Å². The number of aromatic nitrogens is 1. The molecule has 1 aromatic rings. The number of esters is 6. The molecule has 6 aliphatic heterocycles. The molecule has 6 saturated heterocycles. The number of carbonyl (C=O) groups excluding carboxylic acids is 10. The van der Waals surface area contributed by atoms with Crippen LogP contribution in [0, 0.1) is 10.8 Å². The lowest BCUT2D eigenvalue weighted by Crippen LogP contribution is -2.52. The second kappa shape index (κ2) is 76.4. The summed E-state index contributed by atoms with van der Waals surface area (Å²) >= 11 is 9.53. The van der Waals surface area contributed by atoms with Crippen LogP contribution in [0.1, 0.15) is 110 Å². The van der Waals surface area contributed by atoms with Crippen molar-refractivity contribution in [1.82, 2.24) is 63.8 Å². The minimum atomic E-state index is -0.734. The van der Waals surface area contributed by atoms with E-state index < -0.39 is 83.4 Å². The average Bonchev–Trinajstić information content (AvgIpc) is 0.860. The number of aliphatic hydroxyl groups excluding tert-OH is 4. The Kier molecular flexibility index (Phi) is 69.4. The first-order valence-corrected chi connectivity index (χ1v) is 51.3. The standard InChI is InChI=1S/C46H82N6O16.C38H74N6O12.C7H10N2.C4H6O3.CH2Cl2/c1-9-46(34-61-31-42(67-38(7)55)27-49-17-21-51(22-18-49)44(57)63-11-3,35-62-32-43(68-39(8)56)28-50-19-23-52(24-20-50)45(58)64-12-4)33-60-30-41(66-37(6)54)26-48-15-13-47(14-16-48)25-40(29-59-10-2)65-36(5)53;1-5-38(30-53-27-34(47)23-41-13-17-43(18-14-41)36(49)55-7-3,31-54-28-35(48)24-42-15-19-44(20-16-42)37(50)56-8-4)29-52-26-33(46)22-40-11-9-39(10-12-40)21-32(45)25-51-6-2;1-9(2)7-3-5-8-6-4-7;1-3(5)7-4(2)6;2-1-3/h40-43H,9-35H2,1-8H3;32-35,45-48H,5-31H2,1-4H3;3-6H,1-2H3;1-2H3;1H2. The Balaban J connectivity index is 0.000000626. The van der Waals surface area contributed by atoms with Crippen molar-refractivity contribution in [2.24, 2.45) is 10.8 Å². The fraction of sp³-hybridized carbons (Fsp3) is 0.844. The van der Waals surface area contributed by atoms with E-state index in [2.05, 4.69) is 48.9 Å². The molecule has 45 nitrogen and oxygen atoms in total. The highest BCUT2D eigenvalue weighted by atomic mass is 35.5. The zero-order chi connectivity index (χ0) is 106. The Morgan fingerprint density at radius 1 is 0.308 bits per heavy atom. The maximum atomic E-state index is 12.3. The number of alkyl halides is 2. The number of hydrogen-bond donors (Lipinski definition) is 4. The van der Waals surface area contributed by atoms with Gasteiger partial charge in [-0.1, -0.05) is 13.8 Å². The number of piperazine rings is 6. The van der Waals surface area contributed by atoms with E-state index in [0.29, 0.717) is 236 Å². The van der Waals surface area contributed by atoms with E-state index in [-0.39, 0.29) is 121 Å². The number of β-amino-alcohol motifs (C(OH)–C–C–N with tert-alkyl or cyclic N) is 4. The monoisotopic (exact) mass is 2090 g/mol. The highest BCUT2D eigenvalue weighted by Gasteiger charge is 2.38. The number of ether oxygens (including phenoxy) is 17. The van der Waals surface area contributed by atoms with Gasteiger partial charge < -0.3 is 125 Å². The molecular formula is C96H174Cl2N14O31. The molecule has 143 heavy (non-hydrogen) atoms. The Morgan fingerprint density at radius 3 is 0.685 bits per heavy atom. The number of halogens is 2. The normalized spacial score (nSPS) is 18.6. The molecule has 4 amide bonds. The molecule has 0 bridgehead atoms. The summed E-state index contributed by atoms with van der Waals surface area (Å²) in [5.41, 5.74) is -0.140. The molecule has 7 rings (SSSR count). The second-order valence-electron chi connectivity index (χ2n) is 36.1. The first-order chi connectivity index (χ1) is 68.4. The van der Waals surface area contributed by atoms with Crippen LogP contribution >= 0.6 is 23.2 Å². The quantitative estimate of drug-likeness (QED) is 0.0315. The number of aliphatic hydroxyl groups is 4. The van der Waals surface area contributed by atoms with Crippen LogP contribution in [0.25, 0.3) is 0 Å². The van der Waals surface area contributed by atoms with Crippen LogP contribution in [0.5, 0.6) is 0 Å². The summed E-state index contributed by atoms with van der Waals surface area (Å²) in [6, 6.07) is 3.94. The molecule has 0 aromatic carbocycles. The van der Waals surface area contributed by atoms with Crippen molar-refractivity contribution in [1.29, 1.82) is 0 Å². The van der Waals surface area contributed by atoms with Crippen LogP contribution in [0.3, 0.4) is 0 Å². The maximum absolute atomic E-state index is 12.3. The molecule has 8 unspecified atom stereocenters. The Morgan fingerprint density at radius 2 is 0.503 bits per heavy atom. The van der Waals surface area contributed by atoms with Crippen LogP contribution in [-0.4, -0.2) is 554 Å². The lowest BCUT2D eigenvalue weighted by atomic mass is 9.88. The van der Waals surface area contributed by atoms with Crippen LogP contribution < -0.4 is 4.90 Å². The number of hydrogen-bond acceptors (Lipinski definition) is 41. The van der Waals surface area contributed by atoms with Crippen molar-refractivity contribution in [3.8, 4) is 0 Å². The molecule has 47 heteroatoms. The van der Waals surface area contributed by atoms with Crippen LogP contribution in [0.15, 0.2) is 24.5 Å². The van der Waals surface area contributed by atoms with Crippen molar-refractivity contribution in [3.63, 3.8) is 0 Å². The van der Waals surface area contributed by atoms with Gasteiger partial charge in [0.25, 0.3) is 0 Å². The zero-order valence-electron chi connectivity index (χ0n) is 88.1. The summed E-state index contributed by atoms with van der Waals surface area (Å²) in [5.74, 6) is -2.79. The van der Waals surface area contributed by atoms with Gasteiger partial charge in [-0.2, -0.15) is 0 Å². The van der Waals surface area contributed by atoms with Gasteiger partial charge in [0.1, 0.15) is 24.4 Å². The average molecular weight is 2090 g/mol. The van der Waals surface area contributed by atoms with E-state index in [1.54, 1.807) is 59.7 Å². The third-order valence-electron chi connectivity index (χ3n) is 23.9. The molecule has 8 atom stereocenters. The fourth-order valence-corrected chi connectivity index (χ4v) is 16.3. The molecule has 6 fully saturated rings. The molecule has 4 N–H and O–H groups in total. The summed E-state index contributed by atoms with van der Waals surface area (Å²) in [6.07, 6.45) is -1.37. The SMILES string of the molecule is CC(=O)OC(C)=O.CCOCC(CN1CCN(CC(COCC(CC)(COCC(CN2CCN(C(=O)OCC)CC2)OC(C)=O)COCC(CN2CCN(C(=O)OCC)CC2)OC(C)=O)OC(C)=O)CC1)OC(C)=O.CCOCC(O)CN1CCN(CC(O)COCC(CC)(COCC(O)CN2CCN(C(=O)OCC)CC2)COCC(O)CN2CCN(C(=O)OCC)CC2)CC1.CN(C)c1ccncc1.ClCCl. The van der Waals surface area contributed by atoms with Crippen molar-refractivity contribution in [2.45, 2.75) is 159 Å². The van der Waals surface area contributed by atoms with E-state index in [0.717, 1.165) is 39.3 Å². The number of nitrogens with zero attached hydrogens (tertiary/aromatic N) is 14. The van der Waals surface area contributed by atoms with E-state index in [1.807, 2.05) is 58.8 Å². The number of pyridine rings is 1. The summed E-state index contributed by atoms with van der Waals surface area (Å²) in [4.78, 5) is 147. The Labute approximate surface area is 857 Å². The molecule has 7 heterocycles. The van der Waals surface area contributed by atoms with Gasteiger partial charge in [-0.15, -0.1) is 23.2 Å². The fourth-order valence-electron chi connectivity index (χ4n) is 16.3. The molecule has 0 radical (unpaired) electrons. The van der Waals surface area contributed by atoms with Gasteiger partial charge in [0, 0.05) is 307 Å². The summed E-state index contributed by atoms with van der Waals surface area (Å²) in [5, 5.41) is 43.0. The molecular weight excluding hydrogens is 1920 g/mol. The van der Waals surface area contributed by atoms with Gasteiger partial charge in [0.2, 0.25) is 0 Å². The number of rotatable bonds is 57. The summed E-state index contributed by atoms with van der Waals surface area (Å²) in [7, 11) is 4.02. The van der Waals surface area contributed by atoms with Crippen LogP contribution in [-0.2, 0) is 109 Å². The molecule has 1 aromatic heterocycles. The summed E-state index contributed by atoms with van der Waals surface area (Å²) in [6.45, 7) is 46.3. The highest BCUT2D eigenvalue weighted by Crippen LogP contribution is 2.28. The second-order valence-corrected chi connectivity index (χ2v) is 36.9. The van der Waals surface area contributed by atoms with Crippen molar-refractivity contribution < 1.29 is 149 Å². The molecule has 0 spiro atoms. The lowest BCUT2D eigenvalue weighted by molar-refractivity contribution is -0.159. The first kappa shape index (κ1) is 130. The van der Waals surface area contributed by atoms with Crippen molar-refractivity contribution >= 4 is 89.1 Å². The predicted molar refractivity (Wildman–Crippen MR) is 533 cm³/mol. The molecule has 0 saturated carbocycles. The first-order valence-electron chi connectivity index (χ1n) is 50.3. The van der Waals surface area contributed by atoms with Gasteiger partial charge in [0.05, 0.1) is 149 Å². The van der Waals surface area contributed by atoms with Gasteiger partial charge in [-0.25, -0.2) is 19.2 Å². The van der Waals surface area contributed by atoms with Gasteiger partial charge in [0.15, 0.2) is 0 Å². The molecule has 0 aliphatic carbocycles. The Hall–Kier alpha value is -7.17. The van der Waals surface area contributed by atoms with E-state index >= 15 is 0 Å². The van der Waals surface area contributed by atoms with Crippen molar-refractivity contribution in [2.75, 3.05) is 366 Å². The lowest BCUT2D eigenvalue weighted by Gasteiger charge is -2.38. The predicted octanol–water partition coefficient (Wildman–Crippen LogP) is 3.11. The van der Waals surface area contributed by atoms with E-state index in [4.69, 9.17) is 99.0 Å². The Bertz CT molecular complexity index is 3460. The third-order valence-corrected chi connectivity index (χ3v) is 23.9. The molecule has 6 aliphatic rings. The number of carbonyl (C=O) groups is 10. The van der Waals surface area contributed by atoms with Gasteiger partial charge in [-0.05, 0) is 66.5 Å².